The third kappa shape index (κ3) is 5.82. The quantitative estimate of drug-likeness (QED) is 0.400. The summed E-state index contributed by atoms with van der Waals surface area (Å²) in [5.74, 6) is 0.636. The lowest BCUT2D eigenvalue weighted by Crippen LogP contribution is -2.51. The average molecular weight is 486 g/mol. The zero-order chi connectivity index (χ0) is 17.6. The van der Waals surface area contributed by atoms with Crippen LogP contribution in [0.15, 0.2) is 40.8 Å². The fraction of sp³-hybridized carbons (Fsp3) is 0.444. The highest BCUT2D eigenvalue weighted by Gasteiger charge is 2.19. The summed E-state index contributed by atoms with van der Waals surface area (Å²) < 4.78 is 0. The molecule has 1 fully saturated rings. The van der Waals surface area contributed by atoms with Crippen LogP contribution >= 0.6 is 35.3 Å². The number of nitrogens with zero attached hydrogens (tertiary/aromatic N) is 5. The highest BCUT2D eigenvalue weighted by atomic mass is 127. The summed E-state index contributed by atoms with van der Waals surface area (Å²) in [5, 5.41) is 3.11. The van der Waals surface area contributed by atoms with Crippen LogP contribution in [0, 0.1) is 0 Å². The number of aliphatic imine (C=N–C) groups is 1. The lowest BCUT2D eigenvalue weighted by molar-refractivity contribution is 0.380. The SMILES string of the molecule is CN(C)Cc1cccc(CN=C(N)N2CCN(c3nccs3)CC2)c1.I. The molecule has 1 aliphatic rings. The van der Waals surface area contributed by atoms with Crippen molar-refractivity contribution in [2.24, 2.45) is 10.7 Å². The van der Waals surface area contributed by atoms with E-state index in [9.17, 15) is 0 Å². The van der Waals surface area contributed by atoms with E-state index in [1.54, 1.807) is 11.3 Å². The van der Waals surface area contributed by atoms with E-state index in [1.165, 1.54) is 11.1 Å². The van der Waals surface area contributed by atoms with E-state index in [0.717, 1.165) is 37.9 Å². The number of halogens is 1. The Balaban J connectivity index is 0.00000243. The number of rotatable bonds is 5. The van der Waals surface area contributed by atoms with Gasteiger partial charge in [0.2, 0.25) is 0 Å². The van der Waals surface area contributed by atoms with Gasteiger partial charge in [-0.2, -0.15) is 0 Å². The van der Waals surface area contributed by atoms with E-state index in [2.05, 4.69) is 63.0 Å². The van der Waals surface area contributed by atoms with Crippen LogP contribution < -0.4 is 10.6 Å². The van der Waals surface area contributed by atoms with Gasteiger partial charge >= 0.3 is 0 Å². The number of hydrogen-bond donors (Lipinski definition) is 1. The number of benzene rings is 1. The van der Waals surface area contributed by atoms with Gasteiger partial charge < -0.3 is 20.4 Å². The molecule has 8 heteroatoms. The molecule has 2 aromatic rings. The minimum absolute atomic E-state index is 0. The molecule has 0 aliphatic carbocycles. The van der Waals surface area contributed by atoms with Crippen LogP contribution in [0.25, 0.3) is 0 Å². The topological polar surface area (TPSA) is 61.0 Å². The lowest BCUT2D eigenvalue weighted by atomic mass is 10.1. The summed E-state index contributed by atoms with van der Waals surface area (Å²) in [7, 11) is 4.16. The fourth-order valence-electron chi connectivity index (χ4n) is 2.96. The average Bonchev–Trinajstić information content (AvgIpc) is 3.14. The van der Waals surface area contributed by atoms with Crippen LogP contribution in [0.1, 0.15) is 11.1 Å². The molecule has 0 amide bonds. The Kier molecular flexibility index (Phi) is 8.11. The van der Waals surface area contributed by atoms with Gasteiger partial charge in [-0.05, 0) is 25.2 Å². The Morgan fingerprint density at radius 1 is 1.23 bits per heavy atom. The Morgan fingerprint density at radius 2 is 1.96 bits per heavy atom. The summed E-state index contributed by atoms with van der Waals surface area (Å²) in [6.07, 6.45) is 1.85. The maximum Gasteiger partial charge on any atom is 0.191 e. The Bertz CT molecular complexity index is 695. The van der Waals surface area contributed by atoms with E-state index in [1.807, 2.05) is 11.6 Å². The van der Waals surface area contributed by atoms with Crippen molar-refractivity contribution in [2.75, 3.05) is 45.2 Å². The second kappa shape index (κ2) is 10.1. The lowest BCUT2D eigenvalue weighted by Gasteiger charge is -2.35. The maximum absolute atomic E-state index is 6.22. The van der Waals surface area contributed by atoms with Crippen LogP contribution in [0.5, 0.6) is 0 Å². The molecule has 1 aromatic carbocycles. The largest absolute Gasteiger partial charge is 0.370 e. The predicted octanol–water partition coefficient (Wildman–Crippen LogP) is 2.46. The number of piperazine rings is 1. The van der Waals surface area contributed by atoms with Gasteiger partial charge in [0.25, 0.3) is 0 Å². The fourth-order valence-corrected chi connectivity index (χ4v) is 3.66. The molecule has 1 aromatic heterocycles. The van der Waals surface area contributed by atoms with E-state index in [0.29, 0.717) is 12.5 Å². The van der Waals surface area contributed by atoms with Gasteiger partial charge in [-0.15, -0.1) is 35.3 Å². The summed E-state index contributed by atoms with van der Waals surface area (Å²) in [6.45, 7) is 5.20. The summed E-state index contributed by atoms with van der Waals surface area (Å²) in [5.41, 5.74) is 8.71. The maximum atomic E-state index is 6.22. The molecule has 1 saturated heterocycles. The smallest absolute Gasteiger partial charge is 0.191 e. The van der Waals surface area contributed by atoms with Crippen molar-refractivity contribution in [3.63, 3.8) is 0 Å². The van der Waals surface area contributed by atoms with Crippen LogP contribution in [-0.2, 0) is 13.1 Å². The normalized spacial score (nSPS) is 15.3. The molecule has 0 unspecified atom stereocenters. The van der Waals surface area contributed by atoms with Gasteiger partial charge in [-0.3, -0.25) is 0 Å². The van der Waals surface area contributed by atoms with Crippen molar-refractivity contribution in [3.05, 3.63) is 47.0 Å². The van der Waals surface area contributed by atoms with Crippen molar-refractivity contribution < 1.29 is 0 Å². The van der Waals surface area contributed by atoms with E-state index in [-0.39, 0.29) is 24.0 Å². The minimum atomic E-state index is 0. The van der Waals surface area contributed by atoms with E-state index >= 15 is 0 Å². The minimum Gasteiger partial charge on any atom is -0.370 e. The molecular formula is C18H27IN6S. The molecule has 2 heterocycles. The molecule has 0 atom stereocenters. The number of aromatic nitrogens is 1. The van der Waals surface area contributed by atoms with Crippen LogP contribution in [-0.4, -0.2) is 61.0 Å². The highest BCUT2D eigenvalue weighted by molar-refractivity contribution is 14.0. The number of nitrogens with two attached hydrogens (primary N) is 1. The molecular weight excluding hydrogens is 459 g/mol. The molecule has 0 saturated carbocycles. The van der Waals surface area contributed by atoms with Crippen LogP contribution in [0.2, 0.25) is 0 Å². The summed E-state index contributed by atoms with van der Waals surface area (Å²) in [4.78, 5) is 15.6. The summed E-state index contributed by atoms with van der Waals surface area (Å²) >= 11 is 1.68. The van der Waals surface area contributed by atoms with Crippen molar-refractivity contribution in [1.29, 1.82) is 0 Å². The standard InChI is InChI=1S/C18H26N6S.HI/c1-22(2)14-16-5-3-4-15(12-16)13-21-17(19)23-7-9-24(10-8-23)18-20-6-11-25-18;/h3-6,11-12H,7-10,13-14H2,1-2H3,(H2,19,21);1H. The third-order valence-corrected chi connectivity index (χ3v) is 5.04. The first-order chi connectivity index (χ1) is 12.1. The molecule has 142 valence electrons. The molecule has 0 radical (unpaired) electrons. The Hall–Kier alpha value is -1.39. The third-order valence-electron chi connectivity index (χ3n) is 4.21. The first-order valence-electron chi connectivity index (χ1n) is 8.53. The summed E-state index contributed by atoms with van der Waals surface area (Å²) in [6, 6.07) is 8.55. The first kappa shape index (κ1) is 20.9. The van der Waals surface area contributed by atoms with Gasteiger partial charge in [0.1, 0.15) is 0 Å². The van der Waals surface area contributed by atoms with Gasteiger partial charge in [-0.25, -0.2) is 9.98 Å². The first-order valence-corrected chi connectivity index (χ1v) is 9.41. The van der Waals surface area contributed by atoms with Crippen LogP contribution in [0.3, 0.4) is 0 Å². The monoisotopic (exact) mass is 486 g/mol. The van der Waals surface area contributed by atoms with E-state index in [4.69, 9.17) is 5.73 Å². The predicted molar refractivity (Wildman–Crippen MR) is 120 cm³/mol. The molecule has 2 N–H and O–H groups in total. The van der Waals surface area contributed by atoms with Crippen molar-refractivity contribution in [1.82, 2.24) is 14.8 Å². The second-order valence-electron chi connectivity index (χ2n) is 6.52. The molecule has 26 heavy (non-hydrogen) atoms. The van der Waals surface area contributed by atoms with Crippen LogP contribution in [0.4, 0.5) is 5.13 Å². The zero-order valence-corrected chi connectivity index (χ0v) is 18.5. The zero-order valence-electron chi connectivity index (χ0n) is 15.3. The number of guanidine groups is 1. The van der Waals surface area contributed by atoms with Crippen molar-refractivity contribution in [2.45, 2.75) is 13.1 Å². The van der Waals surface area contributed by atoms with Gasteiger partial charge in [0.05, 0.1) is 6.54 Å². The second-order valence-corrected chi connectivity index (χ2v) is 7.39. The van der Waals surface area contributed by atoms with Gasteiger partial charge in [-0.1, -0.05) is 24.3 Å². The number of anilines is 1. The molecule has 3 rings (SSSR count). The van der Waals surface area contributed by atoms with Gasteiger partial charge in [0, 0.05) is 44.3 Å². The number of hydrogen-bond acceptors (Lipinski definition) is 5. The molecule has 0 spiro atoms. The Morgan fingerprint density at radius 3 is 2.62 bits per heavy atom. The van der Waals surface area contributed by atoms with Crippen molar-refractivity contribution in [3.8, 4) is 0 Å². The Labute approximate surface area is 176 Å². The van der Waals surface area contributed by atoms with Gasteiger partial charge in [0.15, 0.2) is 11.1 Å². The van der Waals surface area contributed by atoms with E-state index < -0.39 is 0 Å². The molecule has 0 bridgehead atoms. The highest BCUT2D eigenvalue weighted by Crippen LogP contribution is 2.18. The number of thiazole rings is 1. The molecule has 1 aliphatic heterocycles. The molecule has 6 nitrogen and oxygen atoms in total. The van der Waals surface area contributed by atoms with Crippen molar-refractivity contribution >= 4 is 46.4 Å².